The van der Waals surface area contributed by atoms with Gasteiger partial charge in [-0.2, -0.15) is 0 Å². The molecule has 0 bridgehead atoms. The molecule has 0 aromatic heterocycles. The van der Waals surface area contributed by atoms with E-state index in [0.717, 1.165) is 0 Å². The van der Waals surface area contributed by atoms with Crippen molar-refractivity contribution in [3.05, 3.63) is 59.9 Å². The molecule has 10 heteroatoms. The lowest BCUT2D eigenvalue weighted by Crippen LogP contribution is -2.43. The Morgan fingerprint density at radius 2 is 1.73 bits per heavy atom. The molecule has 2 aromatic carbocycles. The van der Waals surface area contributed by atoms with Crippen LogP contribution in [0.25, 0.3) is 0 Å². The highest BCUT2D eigenvalue weighted by molar-refractivity contribution is 7.89. The lowest BCUT2D eigenvalue weighted by atomic mass is 10.2. The third-order valence-electron chi connectivity index (χ3n) is 3.17. The van der Waals surface area contributed by atoms with E-state index in [1.807, 2.05) is 0 Å². The number of amides is 1. The van der Waals surface area contributed by atoms with Gasteiger partial charge in [0.05, 0.1) is 10.6 Å². The number of halogens is 1. The summed E-state index contributed by atoms with van der Waals surface area (Å²) in [4.78, 5) is 12.1. The van der Waals surface area contributed by atoms with Gasteiger partial charge in [-0.25, -0.2) is 17.5 Å². The van der Waals surface area contributed by atoms with Crippen molar-refractivity contribution in [2.45, 2.75) is 11.8 Å². The van der Waals surface area contributed by atoms with Crippen LogP contribution in [0.1, 0.15) is 17.3 Å². The zero-order valence-corrected chi connectivity index (χ0v) is 15.4. The van der Waals surface area contributed by atoms with Crippen molar-refractivity contribution in [2.75, 3.05) is 11.9 Å². The van der Waals surface area contributed by atoms with E-state index in [4.69, 9.17) is 12.2 Å². The highest BCUT2D eigenvalue weighted by atomic mass is 32.2. The van der Waals surface area contributed by atoms with Crippen molar-refractivity contribution < 1.29 is 17.6 Å². The average Bonchev–Trinajstić information content (AvgIpc) is 2.62. The third kappa shape index (κ3) is 5.22. The number of hydrogen-bond donors (Lipinski definition) is 4. The van der Waals surface area contributed by atoms with E-state index < -0.39 is 21.7 Å². The number of thiocarbonyl (C=S) groups is 1. The molecule has 0 aliphatic heterocycles. The molecule has 0 saturated carbocycles. The van der Waals surface area contributed by atoms with Crippen molar-refractivity contribution in [3.63, 3.8) is 0 Å². The second-order valence-corrected chi connectivity index (χ2v) is 7.21. The lowest BCUT2D eigenvalue weighted by molar-refractivity contribution is 0.0944. The molecule has 0 aliphatic carbocycles. The summed E-state index contributed by atoms with van der Waals surface area (Å²) in [6.07, 6.45) is 0. The molecule has 2 aromatic rings. The predicted molar refractivity (Wildman–Crippen MR) is 101 cm³/mol. The minimum absolute atomic E-state index is 0.00482. The van der Waals surface area contributed by atoms with E-state index in [9.17, 15) is 17.6 Å². The number of carbonyl (C=O) groups is 1. The quantitative estimate of drug-likeness (QED) is 0.454. The molecule has 4 N–H and O–H groups in total. The van der Waals surface area contributed by atoms with Crippen LogP contribution < -0.4 is 20.9 Å². The summed E-state index contributed by atoms with van der Waals surface area (Å²) < 4.78 is 39.6. The Labute approximate surface area is 156 Å². The fraction of sp³-hybridized carbons (Fsp3) is 0.125. The molecule has 1 amide bonds. The van der Waals surface area contributed by atoms with E-state index >= 15 is 0 Å². The Morgan fingerprint density at radius 1 is 1.08 bits per heavy atom. The molecule has 0 aliphatic rings. The van der Waals surface area contributed by atoms with Crippen LogP contribution in [0.15, 0.2) is 53.4 Å². The predicted octanol–water partition coefficient (Wildman–Crippen LogP) is 1.76. The van der Waals surface area contributed by atoms with Crippen LogP contribution >= 0.6 is 12.2 Å². The molecular formula is C16H17FN4O3S2. The maximum Gasteiger partial charge on any atom is 0.269 e. The maximum absolute atomic E-state index is 13.5. The Bertz CT molecular complexity index is 902. The number of carbonyl (C=O) groups excluding carboxylic acids is 1. The van der Waals surface area contributed by atoms with E-state index in [-0.39, 0.29) is 27.8 Å². The van der Waals surface area contributed by atoms with Gasteiger partial charge in [-0.3, -0.25) is 15.6 Å². The fourth-order valence-corrected chi connectivity index (χ4v) is 3.16. The Morgan fingerprint density at radius 3 is 2.35 bits per heavy atom. The van der Waals surface area contributed by atoms with E-state index in [1.54, 1.807) is 19.1 Å². The minimum Gasteiger partial charge on any atom is -0.329 e. The number of para-hydroxylation sites is 1. The van der Waals surface area contributed by atoms with Crippen molar-refractivity contribution in [2.24, 2.45) is 0 Å². The molecule has 2 rings (SSSR count). The first kappa shape index (κ1) is 19.8. The molecule has 7 nitrogen and oxygen atoms in total. The van der Waals surface area contributed by atoms with Crippen LogP contribution in [0.4, 0.5) is 10.1 Å². The van der Waals surface area contributed by atoms with E-state index in [2.05, 4.69) is 20.9 Å². The summed E-state index contributed by atoms with van der Waals surface area (Å²) in [5.41, 5.74) is 5.17. The smallest absolute Gasteiger partial charge is 0.269 e. The average molecular weight is 396 g/mol. The molecule has 0 atom stereocenters. The molecule has 0 unspecified atom stereocenters. The first-order chi connectivity index (χ1) is 12.3. The molecule has 0 spiro atoms. The second kappa shape index (κ2) is 8.70. The fourth-order valence-electron chi connectivity index (χ4n) is 1.96. The SMILES string of the molecule is CCNS(=O)(=O)c1ccc(C(=O)NNC(=S)Nc2ccccc2F)cc1. The molecule has 0 heterocycles. The number of benzene rings is 2. The van der Waals surface area contributed by atoms with Crippen molar-refractivity contribution >= 4 is 38.9 Å². The van der Waals surface area contributed by atoms with Gasteiger partial charge in [0.25, 0.3) is 5.91 Å². The maximum atomic E-state index is 13.5. The van der Waals surface area contributed by atoms with Gasteiger partial charge in [0, 0.05) is 12.1 Å². The standard InChI is InChI=1S/C16H17FN4O3S2/c1-2-18-26(23,24)12-9-7-11(8-10-12)15(22)20-21-16(25)19-14-6-4-3-5-13(14)17/h3-10,18H,2H2,1H3,(H,20,22)(H2,19,21,25). The van der Waals surface area contributed by atoms with Gasteiger partial charge in [-0.15, -0.1) is 0 Å². The summed E-state index contributed by atoms with van der Waals surface area (Å²) in [7, 11) is -3.58. The van der Waals surface area contributed by atoms with Gasteiger partial charge in [0.1, 0.15) is 5.82 Å². The molecule has 0 saturated heterocycles. The summed E-state index contributed by atoms with van der Waals surface area (Å²) in [5, 5.41) is 2.60. The Balaban J connectivity index is 1.93. The Hall–Kier alpha value is -2.56. The number of nitrogens with one attached hydrogen (secondary N) is 4. The third-order valence-corrected chi connectivity index (χ3v) is 4.94. The van der Waals surface area contributed by atoms with Crippen molar-refractivity contribution in [1.29, 1.82) is 0 Å². The summed E-state index contributed by atoms with van der Waals surface area (Å²) >= 11 is 4.97. The van der Waals surface area contributed by atoms with Crippen molar-refractivity contribution in [3.8, 4) is 0 Å². The molecular weight excluding hydrogens is 379 g/mol. The second-order valence-electron chi connectivity index (χ2n) is 5.04. The highest BCUT2D eigenvalue weighted by Gasteiger charge is 2.13. The van der Waals surface area contributed by atoms with Gasteiger partial charge < -0.3 is 5.32 Å². The van der Waals surface area contributed by atoms with Gasteiger partial charge in [0.15, 0.2) is 5.11 Å². The van der Waals surface area contributed by atoms with Crippen LogP contribution in [-0.2, 0) is 10.0 Å². The zero-order valence-electron chi connectivity index (χ0n) is 13.7. The van der Waals surface area contributed by atoms with Crippen LogP contribution in [0.3, 0.4) is 0 Å². The number of anilines is 1. The number of rotatable bonds is 5. The highest BCUT2D eigenvalue weighted by Crippen LogP contribution is 2.12. The number of hydrogen-bond acceptors (Lipinski definition) is 4. The Kier molecular flexibility index (Phi) is 6.61. The first-order valence-electron chi connectivity index (χ1n) is 7.55. The summed E-state index contributed by atoms with van der Waals surface area (Å²) in [6.45, 7) is 1.93. The molecule has 0 radical (unpaired) electrons. The van der Waals surface area contributed by atoms with E-state index in [1.165, 1.54) is 36.4 Å². The molecule has 138 valence electrons. The van der Waals surface area contributed by atoms with Crippen LogP contribution in [0, 0.1) is 5.82 Å². The largest absolute Gasteiger partial charge is 0.329 e. The number of sulfonamides is 1. The van der Waals surface area contributed by atoms with Crippen LogP contribution in [-0.4, -0.2) is 26.0 Å². The van der Waals surface area contributed by atoms with Gasteiger partial charge >= 0.3 is 0 Å². The van der Waals surface area contributed by atoms with E-state index in [0.29, 0.717) is 0 Å². The van der Waals surface area contributed by atoms with Crippen LogP contribution in [0.5, 0.6) is 0 Å². The zero-order chi connectivity index (χ0) is 19.2. The molecule has 26 heavy (non-hydrogen) atoms. The van der Waals surface area contributed by atoms with Crippen LogP contribution in [0.2, 0.25) is 0 Å². The van der Waals surface area contributed by atoms with Gasteiger partial charge in [-0.05, 0) is 48.6 Å². The lowest BCUT2D eigenvalue weighted by Gasteiger charge is -2.12. The molecule has 0 fully saturated rings. The van der Waals surface area contributed by atoms with Gasteiger partial charge in [0.2, 0.25) is 10.0 Å². The normalized spacial score (nSPS) is 10.8. The van der Waals surface area contributed by atoms with Crippen molar-refractivity contribution in [1.82, 2.24) is 15.6 Å². The minimum atomic E-state index is -3.58. The first-order valence-corrected chi connectivity index (χ1v) is 9.44. The number of hydrazine groups is 1. The monoisotopic (exact) mass is 396 g/mol. The summed E-state index contributed by atoms with van der Waals surface area (Å²) in [5.74, 6) is -1.02. The van der Waals surface area contributed by atoms with Gasteiger partial charge in [-0.1, -0.05) is 19.1 Å². The summed E-state index contributed by atoms with van der Waals surface area (Å²) in [6, 6.07) is 11.3. The topological polar surface area (TPSA) is 99.3 Å².